The van der Waals surface area contributed by atoms with Crippen LogP contribution in [-0.4, -0.2) is 0 Å². The standard InChI is InChI=1S/C49H41N/c1-49(2)45-19-10-9-16-43(45)44-31-30-40(33-46(44)49)50(47-32-36-25-24-34-20-22-35(23-21-34)26-28-39(47)29-27-36)48-41(37-12-5-3-6-13-37)17-11-18-42(48)38-14-7-4-8-15-38/h3-23,27,29-33H,24-26,28H2,1-2H3. The van der Waals surface area contributed by atoms with Crippen LogP contribution >= 0.6 is 0 Å². The summed E-state index contributed by atoms with van der Waals surface area (Å²) in [6, 6.07) is 61.5. The Morgan fingerprint density at radius 1 is 0.420 bits per heavy atom. The monoisotopic (exact) mass is 643 g/mol. The first kappa shape index (κ1) is 30.4. The summed E-state index contributed by atoms with van der Waals surface area (Å²) in [5.74, 6) is 0. The van der Waals surface area contributed by atoms with Crippen molar-refractivity contribution in [3.63, 3.8) is 0 Å². The third-order valence-electron chi connectivity index (χ3n) is 11.1. The van der Waals surface area contributed by atoms with Gasteiger partial charge >= 0.3 is 0 Å². The minimum absolute atomic E-state index is 0.109. The average Bonchev–Trinajstić information content (AvgIpc) is 3.39. The number of nitrogens with zero attached hydrogens (tertiary/aromatic N) is 1. The van der Waals surface area contributed by atoms with Crippen molar-refractivity contribution in [1.82, 2.24) is 0 Å². The SMILES string of the molecule is CC1(C)c2ccccc2-c2ccc(N(c3cc4ccc3CCc3ccc(cc3)CC4)c3c(-c4ccccc4)cccc3-c3ccccc3)cc21. The molecule has 0 saturated carbocycles. The second-order valence-electron chi connectivity index (χ2n) is 14.4. The van der Waals surface area contributed by atoms with E-state index in [1.54, 1.807) is 0 Å². The van der Waals surface area contributed by atoms with Crippen LogP contribution in [0.4, 0.5) is 17.1 Å². The van der Waals surface area contributed by atoms with E-state index >= 15 is 0 Å². The Hall–Kier alpha value is -5.66. The number of para-hydroxylation sites is 1. The summed E-state index contributed by atoms with van der Waals surface area (Å²) in [5, 5.41) is 0. The van der Waals surface area contributed by atoms with Gasteiger partial charge in [-0.3, -0.25) is 0 Å². The first-order valence-corrected chi connectivity index (χ1v) is 18.0. The fourth-order valence-corrected chi connectivity index (χ4v) is 8.33. The van der Waals surface area contributed by atoms with E-state index in [9.17, 15) is 0 Å². The lowest BCUT2D eigenvalue weighted by atomic mass is 9.82. The van der Waals surface area contributed by atoms with Gasteiger partial charge in [-0.25, -0.2) is 0 Å². The fourth-order valence-electron chi connectivity index (χ4n) is 8.33. The summed E-state index contributed by atoms with van der Waals surface area (Å²) < 4.78 is 0. The summed E-state index contributed by atoms with van der Waals surface area (Å²) in [6.45, 7) is 4.77. The highest BCUT2D eigenvalue weighted by atomic mass is 15.2. The van der Waals surface area contributed by atoms with Crippen LogP contribution in [0.2, 0.25) is 0 Å². The van der Waals surface area contributed by atoms with Crippen molar-refractivity contribution in [3.8, 4) is 33.4 Å². The Labute approximate surface area is 296 Å². The van der Waals surface area contributed by atoms with E-state index in [0.29, 0.717) is 0 Å². The van der Waals surface area contributed by atoms with Crippen molar-refractivity contribution in [1.29, 1.82) is 0 Å². The highest BCUT2D eigenvalue weighted by Gasteiger charge is 2.36. The molecule has 0 aliphatic heterocycles. The van der Waals surface area contributed by atoms with Crippen LogP contribution in [0.15, 0.2) is 164 Å². The number of anilines is 3. The van der Waals surface area contributed by atoms with E-state index in [4.69, 9.17) is 0 Å². The molecular weight excluding hydrogens is 603 g/mol. The lowest BCUT2D eigenvalue weighted by Crippen LogP contribution is -2.18. The van der Waals surface area contributed by atoms with Gasteiger partial charge in [0.25, 0.3) is 0 Å². The van der Waals surface area contributed by atoms with Crippen LogP contribution in [0, 0.1) is 0 Å². The van der Waals surface area contributed by atoms with Crippen molar-refractivity contribution in [2.45, 2.75) is 44.9 Å². The molecule has 0 radical (unpaired) electrons. The van der Waals surface area contributed by atoms with E-state index in [1.807, 2.05) is 0 Å². The van der Waals surface area contributed by atoms with Gasteiger partial charge in [0.15, 0.2) is 0 Å². The molecule has 0 unspecified atom stereocenters. The topological polar surface area (TPSA) is 3.24 Å². The van der Waals surface area contributed by atoms with Gasteiger partial charge in [0.05, 0.1) is 5.69 Å². The second kappa shape index (κ2) is 12.3. The minimum Gasteiger partial charge on any atom is -0.309 e. The molecule has 0 N–H and O–H groups in total. The zero-order valence-corrected chi connectivity index (χ0v) is 28.9. The number of rotatable bonds is 5. The van der Waals surface area contributed by atoms with Gasteiger partial charge in [0.1, 0.15) is 0 Å². The maximum Gasteiger partial charge on any atom is 0.0618 e. The van der Waals surface area contributed by atoms with E-state index in [1.165, 1.54) is 83.8 Å². The van der Waals surface area contributed by atoms with E-state index in [-0.39, 0.29) is 5.41 Å². The summed E-state index contributed by atoms with van der Waals surface area (Å²) in [4.78, 5) is 2.61. The number of hydrogen-bond donors (Lipinski definition) is 0. The van der Waals surface area contributed by atoms with E-state index < -0.39 is 0 Å². The number of benzene rings is 7. The lowest BCUT2D eigenvalue weighted by molar-refractivity contribution is 0.660. The Morgan fingerprint density at radius 3 is 1.64 bits per heavy atom. The molecule has 1 nitrogen and oxygen atoms in total. The van der Waals surface area contributed by atoms with Crippen molar-refractivity contribution in [2.75, 3.05) is 4.90 Å². The van der Waals surface area contributed by atoms with Crippen LogP contribution in [0.1, 0.15) is 47.2 Å². The molecule has 7 aromatic carbocycles. The predicted molar refractivity (Wildman–Crippen MR) is 211 cm³/mol. The van der Waals surface area contributed by atoms with Crippen molar-refractivity contribution in [2.24, 2.45) is 0 Å². The van der Waals surface area contributed by atoms with Crippen LogP contribution in [-0.2, 0) is 31.1 Å². The molecule has 50 heavy (non-hydrogen) atoms. The molecule has 0 heterocycles. The molecule has 0 saturated heterocycles. The Balaban J connectivity index is 1.34. The van der Waals surface area contributed by atoms with E-state index in [2.05, 4.69) is 183 Å². The molecule has 1 heteroatoms. The van der Waals surface area contributed by atoms with Gasteiger partial charge in [-0.05, 0) is 99.5 Å². The van der Waals surface area contributed by atoms with Crippen molar-refractivity contribution >= 4 is 17.1 Å². The maximum atomic E-state index is 2.61. The highest BCUT2D eigenvalue weighted by Crippen LogP contribution is 2.53. The van der Waals surface area contributed by atoms with Crippen molar-refractivity contribution < 1.29 is 0 Å². The van der Waals surface area contributed by atoms with Crippen LogP contribution in [0.3, 0.4) is 0 Å². The zero-order valence-electron chi connectivity index (χ0n) is 28.9. The number of hydrogen-bond acceptors (Lipinski definition) is 1. The molecule has 242 valence electrons. The molecule has 12 rings (SSSR count). The molecule has 4 bridgehead atoms. The Bertz CT molecular complexity index is 2270. The summed E-state index contributed by atoms with van der Waals surface area (Å²) >= 11 is 0. The zero-order chi connectivity index (χ0) is 33.7. The van der Waals surface area contributed by atoms with Gasteiger partial charge in [-0.1, -0.05) is 159 Å². The first-order valence-electron chi connectivity index (χ1n) is 18.0. The summed E-state index contributed by atoms with van der Waals surface area (Å²) in [5.41, 5.74) is 19.4. The molecule has 0 fully saturated rings. The second-order valence-corrected chi connectivity index (χ2v) is 14.4. The first-order chi connectivity index (χ1) is 24.5. The van der Waals surface area contributed by atoms with Gasteiger partial charge in [-0.15, -0.1) is 0 Å². The summed E-state index contributed by atoms with van der Waals surface area (Å²) in [6.07, 6.45) is 3.99. The van der Waals surface area contributed by atoms with Crippen LogP contribution in [0.5, 0.6) is 0 Å². The number of fused-ring (bicyclic) bond motifs is 3. The maximum absolute atomic E-state index is 2.61. The average molecular weight is 644 g/mol. The third-order valence-corrected chi connectivity index (χ3v) is 11.1. The normalized spacial score (nSPS) is 14.0. The molecule has 0 spiro atoms. The fraction of sp³-hybridized carbons (Fsp3) is 0.143. The van der Waals surface area contributed by atoms with E-state index in [0.717, 1.165) is 25.7 Å². The molecule has 0 amide bonds. The van der Waals surface area contributed by atoms with Gasteiger partial charge < -0.3 is 4.90 Å². The molecule has 5 aliphatic rings. The molecule has 7 aromatic rings. The highest BCUT2D eigenvalue weighted by molar-refractivity contribution is 5.98. The third kappa shape index (κ3) is 5.26. The Morgan fingerprint density at radius 2 is 0.960 bits per heavy atom. The number of aryl methyl sites for hydroxylation is 4. The minimum atomic E-state index is -0.109. The van der Waals surface area contributed by atoms with Crippen molar-refractivity contribution in [3.05, 3.63) is 197 Å². The molecule has 0 aromatic heterocycles. The van der Waals surface area contributed by atoms with Gasteiger partial charge in [0, 0.05) is 27.9 Å². The molecule has 5 aliphatic carbocycles. The Kier molecular flexibility index (Phi) is 7.50. The summed E-state index contributed by atoms with van der Waals surface area (Å²) in [7, 11) is 0. The largest absolute Gasteiger partial charge is 0.309 e. The smallest absolute Gasteiger partial charge is 0.0618 e. The quantitative estimate of drug-likeness (QED) is 0.180. The molecular formula is C49H41N. The van der Waals surface area contributed by atoms with Gasteiger partial charge in [0.2, 0.25) is 0 Å². The van der Waals surface area contributed by atoms with Gasteiger partial charge in [-0.2, -0.15) is 0 Å². The molecule has 0 atom stereocenters. The van der Waals surface area contributed by atoms with Crippen LogP contribution < -0.4 is 4.90 Å². The predicted octanol–water partition coefficient (Wildman–Crippen LogP) is 12.7. The van der Waals surface area contributed by atoms with Crippen LogP contribution in [0.25, 0.3) is 33.4 Å². The lowest BCUT2D eigenvalue weighted by Gasteiger charge is -2.33.